The van der Waals surface area contributed by atoms with E-state index in [1.54, 1.807) is 6.92 Å². The molecule has 8 nitrogen and oxygen atoms in total. The maximum Gasteiger partial charge on any atom is 0.417 e. The summed E-state index contributed by atoms with van der Waals surface area (Å²) in [7, 11) is 0. The number of nitrogens with one attached hydrogen (secondary N) is 2. The van der Waals surface area contributed by atoms with Gasteiger partial charge in [0.15, 0.2) is 5.72 Å². The lowest BCUT2D eigenvalue weighted by Crippen LogP contribution is -2.46. The van der Waals surface area contributed by atoms with Crippen molar-refractivity contribution in [1.29, 1.82) is 0 Å². The van der Waals surface area contributed by atoms with E-state index in [0.29, 0.717) is 6.42 Å². The molecule has 1 heterocycles. The molecule has 8 heteroatoms. The first-order valence-electron chi connectivity index (χ1n) is 12.5. The van der Waals surface area contributed by atoms with Gasteiger partial charge in [-0.15, -0.1) is 0 Å². The van der Waals surface area contributed by atoms with Crippen molar-refractivity contribution in [2.75, 3.05) is 4.90 Å². The summed E-state index contributed by atoms with van der Waals surface area (Å²) in [5.74, 6) is 0.0531. The Balaban J connectivity index is 1.89. The van der Waals surface area contributed by atoms with Gasteiger partial charge in [-0.3, -0.25) is 25.4 Å². The van der Waals surface area contributed by atoms with Crippen LogP contribution in [-0.4, -0.2) is 21.8 Å². The molecule has 0 bridgehead atoms. The molecule has 0 spiro atoms. The molecule has 1 aromatic heterocycles. The van der Waals surface area contributed by atoms with Crippen LogP contribution in [0.15, 0.2) is 46.0 Å². The Bertz CT molecular complexity index is 940. The lowest BCUT2D eigenvalue weighted by Gasteiger charge is -2.29. The fraction of sp³-hybridized carbons (Fsp3) is 0.577. The van der Waals surface area contributed by atoms with Gasteiger partial charge in [-0.1, -0.05) is 95.0 Å². The van der Waals surface area contributed by atoms with Crippen molar-refractivity contribution in [3.8, 4) is 0 Å². The number of nitrogens with zero attached hydrogens (tertiary/aromatic N) is 1. The molecule has 1 unspecified atom stereocenters. The van der Waals surface area contributed by atoms with Crippen molar-refractivity contribution in [1.82, 2.24) is 9.97 Å². The highest BCUT2D eigenvalue weighted by Gasteiger charge is 2.28. The molecule has 1 aromatic carbocycles. The molecule has 34 heavy (non-hydrogen) atoms. The number of carbonyl (C=O) groups is 1. The molecular weight excluding hydrogens is 432 g/mol. The molecule has 0 saturated carbocycles. The number of hydrogen-bond acceptors (Lipinski definition) is 5. The van der Waals surface area contributed by atoms with Gasteiger partial charge in [0.05, 0.1) is 6.54 Å². The molecule has 1 amide bonds. The van der Waals surface area contributed by atoms with E-state index in [4.69, 9.17) is 10.5 Å². The molecule has 2 aromatic rings. The average Bonchev–Trinajstić information content (AvgIpc) is 2.78. The number of nitrogens with two attached hydrogens (primary N) is 1. The third kappa shape index (κ3) is 10.4. The monoisotopic (exact) mass is 472 g/mol. The predicted octanol–water partition coefficient (Wildman–Crippen LogP) is 5.19. The summed E-state index contributed by atoms with van der Waals surface area (Å²) in [4.78, 5) is 42.5. The number of ether oxygens (including phenoxy) is 1. The van der Waals surface area contributed by atoms with Gasteiger partial charge in [-0.25, -0.2) is 9.59 Å². The Morgan fingerprint density at radius 2 is 1.53 bits per heavy atom. The second-order valence-electron chi connectivity index (χ2n) is 9.16. The van der Waals surface area contributed by atoms with Crippen LogP contribution in [0.25, 0.3) is 0 Å². The molecule has 0 radical (unpaired) electrons. The van der Waals surface area contributed by atoms with Gasteiger partial charge in [0.2, 0.25) is 0 Å². The topological polar surface area (TPSA) is 121 Å². The fourth-order valence-corrected chi connectivity index (χ4v) is 3.88. The summed E-state index contributed by atoms with van der Waals surface area (Å²) in [5.41, 5.74) is 4.64. The molecule has 0 saturated heterocycles. The summed E-state index contributed by atoms with van der Waals surface area (Å²) in [5, 5.41) is 0. The normalized spacial score (nSPS) is 12.8. The minimum Gasteiger partial charge on any atom is -0.428 e. The van der Waals surface area contributed by atoms with Crippen LogP contribution in [0, 0.1) is 0 Å². The van der Waals surface area contributed by atoms with Crippen LogP contribution in [-0.2, 0) is 11.3 Å². The second-order valence-corrected chi connectivity index (χ2v) is 9.16. The number of carbonyl (C=O) groups excluding carboxylic acids is 1. The number of amides is 1. The third-order valence-corrected chi connectivity index (χ3v) is 5.79. The summed E-state index contributed by atoms with van der Waals surface area (Å²) < 4.78 is 5.62. The van der Waals surface area contributed by atoms with Gasteiger partial charge in [-0.05, 0) is 18.9 Å². The van der Waals surface area contributed by atoms with E-state index >= 15 is 0 Å². The van der Waals surface area contributed by atoms with E-state index in [2.05, 4.69) is 16.9 Å². The standard InChI is InChI=1S/C26H40N4O4/c1-3-4-5-6-7-8-9-10-11-15-18-26(2,27)34-25(33)30(20-21-16-13-12-14-17-21)22-19-23(31)29-24(32)28-22/h12-14,16-17,19H,3-11,15,18,20,27H2,1-2H3,(H2,28,29,31,32). The van der Waals surface area contributed by atoms with Crippen molar-refractivity contribution >= 4 is 11.9 Å². The number of rotatable bonds is 15. The first kappa shape index (κ1) is 27.4. The zero-order valence-electron chi connectivity index (χ0n) is 20.6. The molecule has 188 valence electrons. The van der Waals surface area contributed by atoms with Gasteiger partial charge in [0, 0.05) is 12.5 Å². The van der Waals surface area contributed by atoms with Gasteiger partial charge in [-0.2, -0.15) is 0 Å². The van der Waals surface area contributed by atoms with E-state index in [-0.39, 0.29) is 12.4 Å². The molecule has 1 atom stereocenters. The van der Waals surface area contributed by atoms with E-state index in [1.165, 1.54) is 49.8 Å². The summed E-state index contributed by atoms with van der Waals surface area (Å²) in [6, 6.07) is 10.4. The molecule has 0 aliphatic rings. The highest BCUT2D eigenvalue weighted by Crippen LogP contribution is 2.20. The lowest BCUT2D eigenvalue weighted by molar-refractivity contribution is 0.0256. The van der Waals surface area contributed by atoms with Crippen molar-refractivity contribution in [2.24, 2.45) is 5.73 Å². The number of aromatic nitrogens is 2. The minimum atomic E-state index is -1.16. The number of hydrogen-bond donors (Lipinski definition) is 3. The van der Waals surface area contributed by atoms with Crippen LogP contribution < -0.4 is 21.9 Å². The molecule has 0 aliphatic heterocycles. The highest BCUT2D eigenvalue weighted by molar-refractivity contribution is 5.86. The third-order valence-electron chi connectivity index (χ3n) is 5.79. The van der Waals surface area contributed by atoms with Crippen LogP contribution in [0.3, 0.4) is 0 Å². The van der Waals surface area contributed by atoms with Gasteiger partial charge in [0.25, 0.3) is 5.56 Å². The zero-order chi connectivity index (χ0) is 24.8. The van der Waals surface area contributed by atoms with Crippen molar-refractivity contribution in [3.05, 3.63) is 62.8 Å². The minimum absolute atomic E-state index is 0.0531. The first-order valence-corrected chi connectivity index (χ1v) is 12.5. The lowest BCUT2D eigenvalue weighted by atomic mass is 10.0. The summed E-state index contributed by atoms with van der Waals surface area (Å²) in [6.07, 6.45) is 11.9. The van der Waals surface area contributed by atoms with Crippen LogP contribution in [0.5, 0.6) is 0 Å². The Hall–Kier alpha value is -2.87. The fourth-order valence-electron chi connectivity index (χ4n) is 3.88. The Morgan fingerprint density at radius 1 is 0.941 bits per heavy atom. The smallest absolute Gasteiger partial charge is 0.417 e. The van der Waals surface area contributed by atoms with Crippen LogP contribution in [0.4, 0.5) is 10.6 Å². The molecule has 4 N–H and O–H groups in total. The number of aromatic amines is 2. The van der Waals surface area contributed by atoms with Crippen LogP contribution in [0.2, 0.25) is 0 Å². The summed E-state index contributed by atoms with van der Waals surface area (Å²) >= 11 is 0. The van der Waals surface area contributed by atoms with Crippen molar-refractivity contribution in [3.63, 3.8) is 0 Å². The maximum absolute atomic E-state index is 13.1. The SMILES string of the molecule is CCCCCCCCCCCCC(C)(N)OC(=O)N(Cc1ccccc1)c1cc(=O)[nH]c(=O)[nH]1. The number of unbranched alkanes of at least 4 members (excludes halogenated alkanes) is 9. The van der Waals surface area contributed by atoms with E-state index < -0.39 is 23.1 Å². The molecule has 2 rings (SSSR count). The Kier molecular flexibility index (Phi) is 11.6. The van der Waals surface area contributed by atoms with E-state index in [1.807, 2.05) is 30.3 Å². The van der Waals surface area contributed by atoms with Crippen LogP contribution >= 0.6 is 0 Å². The number of benzene rings is 1. The zero-order valence-corrected chi connectivity index (χ0v) is 20.6. The van der Waals surface area contributed by atoms with E-state index in [9.17, 15) is 14.4 Å². The molecular formula is C26H40N4O4. The maximum atomic E-state index is 13.1. The highest BCUT2D eigenvalue weighted by atomic mass is 16.6. The number of anilines is 1. The molecule has 0 fully saturated rings. The summed E-state index contributed by atoms with van der Waals surface area (Å²) in [6.45, 7) is 4.03. The van der Waals surface area contributed by atoms with Gasteiger partial charge in [0.1, 0.15) is 5.82 Å². The Labute approximate surface area is 201 Å². The average molecular weight is 473 g/mol. The Morgan fingerprint density at radius 3 is 2.12 bits per heavy atom. The first-order chi connectivity index (χ1) is 16.3. The van der Waals surface area contributed by atoms with Crippen molar-refractivity contribution < 1.29 is 9.53 Å². The largest absolute Gasteiger partial charge is 0.428 e. The quantitative estimate of drug-likeness (QED) is 0.243. The predicted molar refractivity (Wildman–Crippen MR) is 136 cm³/mol. The van der Waals surface area contributed by atoms with Crippen molar-refractivity contribution in [2.45, 2.75) is 96.7 Å². The van der Waals surface area contributed by atoms with Gasteiger partial charge >= 0.3 is 11.8 Å². The number of H-pyrrole nitrogens is 2. The second kappa shape index (κ2) is 14.4. The molecule has 0 aliphatic carbocycles. The van der Waals surface area contributed by atoms with Gasteiger partial charge < -0.3 is 4.74 Å². The van der Waals surface area contributed by atoms with E-state index in [0.717, 1.165) is 30.9 Å². The van der Waals surface area contributed by atoms with Crippen LogP contribution in [0.1, 0.15) is 90.0 Å².